The predicted octanol–water partition coefficient (Wildman–Crippen LogP) is 1.73. The van der Waals surface area contributed by atoms with Crippen molar-refractivity contribution in [2.45, 2.75) is 38.9 Å². The van der Waals surface area contributed by atoms with Crippen LogP contribution in [0.5, 0.6) is 5.75 Å². The summed E-state index contributed by atoms with van der Waals surface area (Å²) >= 11 is 0. The van der Waals surface area contributed by atoms with E-state index in [0.717, 1.165) is 0 Å². The van der Waals surface area contributed by atoms with Gasteiger partial charge < -0.3 is 15.2 Å². The summed E-state index contributed by atoms with van der Waals surface area (Å²) < 4.78 is 5.49. The predicted molar refractivity (Wildman–Crippen MR) is 70.5 cm³/mol. The molecule has 0 fully saturated rings. The zero-order valence-corrected chi connectivity index (χ0v) is 10.9. The molecule has 0 aliphatic heterocycles. The summed E-state index contributed by atoms with van der Waals surface area (Å²) in [4.78, 5) is 11.7. The van der Waals surface area contributed by atoms with Crippen LogP contribution in [0.1, 0.15) is 26.7 Å². The molecule has 2 unspecified atom stereocenters. The van der Waals surface area contributed by atoms with Crippen LogP contribution in [0.4, 0.5) is 0 Å². The number of ether oxygens (including phenoxy) is 1. The number of carbonyl (C=O) groups is 1. The first-order valence-corrected chi connectivity index (χ1v) is 6.31. The van der Waals surface area contributed by atoms with Gasteiger partial charge in [0.15, 0.2) is 6.10 Å². The molecule has 0 aliphatic carbocycles. The number of hydrogen-bond acceptors (Lipinski definition) is 3. The summed E-state index contributed by atoms with van der Waals surface area (Å²) in [6, 6.07) is 9.23. The third-order valence-corrected chi connectivity index (χ3v) is 2.67. The lowest BCUT2D eigenvalue weighted by Crippen LogP contribution is -2.37. The second kappa shape index (κ2) is 7.71. The standard InChI is InChI=1S/C14H21NO3/c1-3-12(16)9-10-15-14(17)11(2)18-13-7-5-4-6-8-13/h4-8,11-12,16H,3,9-10H2,1-2H3,(H,15,17). The first-order chi connectivity index (χ1) is 8.63. The molecule has 0 radical (unpaired) electrons. The molecular formula is C14H21NO3. The van der Waals surface area contributed by atoms with Gasteiger partial charge in [-0.3, -0.25) is 4.79 Å². The number of para-hydroxylation sites is 1. The lowest BCUT2D eigenvalue weighted by atomic mass is 10.2. The van der Waals surface area contributed by atoms with Crippen LogP contribution in [0.2, 0.25) is 0 Å². The van der Waals surface area contributed by atoms with Gasteiger partial charge in [0, 0.05) is 6.54 Å². The van der Waals surface area contributed by atoms with E-state index < -0.39 is 6.10 Å². The van der Waals surface area contributed by atoms with Gasteiger partial charge in [0.25, 0.3) is 5.91 Å². The van der Waals surface area contributed by atoms with E-state index in [1.807, 2.05) is 37.3 Å². The Morgan fingerprint density at radius 1 is 1.39 bits per heavy atom. The van der Waals surface area contributed by atoms with E-state index in [1.165, 1.54) is 0 Å². The highest BCUT2D eigenvalue weighted by atomic mass is 16.5. The lowest BCUT2D eigenvalue weighted by molar-refractivity contribution is -0.127. The molecule has 0 aromatic heterocycles. The molecule has 0 heterocycles. The lowest BCUT2D eigenvalue weighted by Gasteiger charge is -2.15. The summed E-state index contributed by atoms with van der Waals surface area (Å²) in [5, 5.41) is 12.1. The average Bonchev–Trinajstić information content (AvgIpc) is 2.39. The van der Waals surface area contributed by atoms with E-state index in [9.17, 15) is 9.90 Å². The first kappa shape index (κ1) is 14.5. The molecule has 2 N–H and O–H groups in total. The van der Waals surface area contributed by atoms with Gasteiger partial charge in [0.05, 0.1) is 6.10 Å². The van der Waals surface area contributed by atoms with Crippen LogP contribution in [-0.4, -0.2) is 29.8 Å². The number of aliphatic hydroxyl groups excluding tert-OH is 1. The highest BCUT2D eigenvalue weighted by molar-refractivity contribution is 5.80. The molecule has 1 aromatic carbocycles. The van der Waals surface area contributed by atoms with Crippen molar-refractivity contribution in [3.8, 4) is 5.75 Å². The Bertz CT molecular complexity index is 353. The molecule has 2 atom stereocenters. The molecule has 0 aliphatic rings. The first-order valence-electron chi connectivity index (χ1n) is 6.31. The number of carbonyl (C=O) groups excluding carboxylic acids is 1. The fourth-order valence-corrected chi connectivity index (χ4v) is 1.47. The second-order valence-electron chi connectivity index (χ2n) is 4.21. The van der Waals surface area contributed by atoms with Gasteiger partial charge in [-0.2, -0.15) is 0 Å². The number of amides is 1. The van der Waals surface area contributed by atoms with Crippen molar-refractivity contribution in [2.24, 2.45) is 0 Å². The Hall–Kier alpha value is -1.55. The van der Waals surface area contributed by atoms with Gasteiger partial charge in [-0.1, -0.05) is 25.1 Å². The molecular weight excluding hydrogens is 230 g/mol. The van der Waals surface area contributed by atoms with Crippen molar-refractivity contribution in [1.82, 2.24) is 5.32 Å². The molecule has 1 rings (SSSR count). The maximum absolute atomic E-state index is 11.7. The number of benzene rings is 1. The maximum atomic E-state index is 11.7. The molecule has 0 spiro atoms. The van der Waals surface area contributed by atoms with Crippen LogP contribution in [0.15, 0.2) is 30.3 Å². The quantitative estimate of drug-likeness (QED) is 0.776. The summed E-state index contributed by atoms with van der Waals surface area (Å²) in [5.74, 6) is 0.510. The fourth-order valence-electron chi connectivity index (χ4n) is 1.47. The minimum absolute atomic E-state index is 0.165. The normalized spacial score (nSPS) is 13.7. The fraction of sp³-hybridized carbons (Fsp3) is 0.500. The molecule has 1 amide bonds. The molecule has 1 aromatic rings. The van der Waals surface area contributed by atoms with Gasteiger partial charge in [-0.15, -0.1) is 0 Å². The third-order valence-electron chi connectivity index (χ3n) is 2.67. The van der Waals surface area contributed by atoms with Crippen LogP contribution < -0.4 is 10.1 Å². The second-order valence-corrected chi connectivity index (χ2v) is 4.21. The van der Waals surface area contributed by atoms with Crippen molar-refractivity contribution < 1.29 is 14.6 Å². The Kier molecular flexibility index (Phi) is 6.22. The molecule has 0 bridgehead atoms. The Balaban J connectivity index is 2.29. The number of hydrogen-bond donors (Lipinski definition) is 2. The zero-order valence-electron chi connectivity index (χ0n) is 10.9. The van der Waals surface area contributed by atoms with Crippen LogP contribution in [0.3, 0.4) is 0 Å². The molecule has 4 heteroatoms. The summed E-state index contributed by atoms with van der Waals surface area (Å²) in [6.07, 6.45) is 0.383. The SMILES string of the molecule is CCC(O)CCNC(=O)C(C)Oc1ccccc1. The molecule has 100 valence electrons. The zero-order chi connectivity index (χ0) is 13.4. The molecule has 4 nitrogen and oxygen atoms in total. The van der Waals surface area contributed by atoms with Gasteiger partial charge in [0.1, 0.15) is 5.75 Å². The highest BCUT2D eigenvalue weighted by Gasteiger charge is 2.14. The summed E-state index contributed by atoms with van der Waals surface area (Å²) in [7, 11) is 0. The van der Waals surface area contributed by atoms with E-state index >= 15 is 0 Å². The minimum Gasteiger partial charge on any atom is -0.481 e. The number of rotatable bonds is 7. The van der Waals surface area contributed by atoms with E-state index in [4.69, 9.17) is 4.74 Å². The van der Waals surface area contributed by atoms with E-state index in [0.29, 0.717) is 25.1 Å². The van der Waals surface area contributed by atoms with Gasteiger partial charge >= 0.3 is 0 Å². The van der Waals surface area contributed by atoms with Crippen molar-refractivity contribution in [3.63, 3.8) is 0 Å². The van der Waals surface area contributed by atoms with Crippen LogP contribution >= 0.6 is 0 Å². The minimum atomic E-state index is -0.536. The topological polar surface area (TPSA) is 58.6 Å². The van der Waals surface area contributed by atoms with E-state index in [1.54, 1.807) is 6.92 Å². The van der Waals surface area contributed by atoms with Crippen LogP contribution in [0.25, 0.3) is 0 Å². The average molecular weight is 251 g/mol. The van der Waals surface area contributed by atoms with E-state index in [-0.39, 0.29) is 12.0 Å². The Morgan fingerprint density at radius 3 is 2.67 bits per heavy atom. The van der Waals surface area contributed by atoms with Crippen molar-refractivity contribution in [1.29, 1.82) is 0 Å². The van der Waals surface area contributed by atoms with Gasteiger partial charge in [-0.05, 0) is 31.9 Å². The number of nitrogens with one attached hydrogen (secondary N) is 1. The molecule has 0 saturated carbocycles. The monoisotopic (exact) mass is 251 g/mol. The molecule has 0 saturated heterocycles. The van der Waals surface area contributed by atoms with E-state index in [2.05, 4.69) is 5.32 Å². The van der Waals surface area contributed by atoms with Gasteiger partial charge in [-0.25, -0.2) is 0 Å². The largest absolute Gasteiger partial charge is 0.481 e. The van der Waals surface area contributed by atoms with Crippen LogP contribution in [0, 0.1) is 0 Å². The smallest absolute Gasteiger partial charge is 0.260 e. The Labute approximate surface area is 108 Å². The van der Waals surface area contributed by atoms with Crippen molar-refractivity contribution >= 4 is 5.91 Å². The Morgan fingerprint density at radius 2 is 2.06 bits per heavy atom. The maximum Gasteiger partial charge on any atom is 0.260 e. The highest BCUT2D eigenvalue weighted by Crippen LogP contribution is 2.10. The van der Waals surface area contributed by atoms with Crippen LogP contribution in [-0.2, 0) is 4.79 Å². The van der Waals surface area contributed by atoms with Crippen molar-refractivity contribution in [3.05, 3.63) is 30.3 Å². The number of aliphatic hydroxyl groups is 1. The summed E-state index contributed by atoms with van der Waals surface area (Å²) in [5.41, 5.74) is 0. The third kappa shape index (κ3) is 5.19. The molecule has 18 heavy (non-hydrogen) atoms. The van der Waals surface area contributed by atoms with Gasteiger partial charge in [0.2, 0.25) is 0 Å². The summed E-state index contributed by atoms with van der Waals surface area (Å²) in [6.45, 7) is 4.09. The van der Waals surface area contributed by atoms with Crippen molar-refractivity contribution in [2.75, 3.05) is 6.54 Å².